The van der Waals surface area contributed by atoms with Crippen molar-refractivity contribution in [1.29, 1.82) is 0 Å². The van der Waals surface area contributed by atoms with Gasteiger partial charge < -0.3 is 24.6 Å². The minimum Gasteiger partial charge on any atom is -0.493 e. The minimum atomic E-state index is -1.09. The van der Waals surface area contributed by atoms with Gasteiger partial charge in [0.2, 0.25) is 0 Å². The normalized spacial score (nSPS) is 12.5. The summed E-state index contributed by atoms with van der Waals surface area (Å²) in [6, 6.07) is 10.2. The maximum absolute atomic E-state index is 12.6. The molecule has 1 aliphatic heterocycles. The Balaban J connectivity index is 1.75. The van der Waals surface area contributed by atoms with Gasteiger partial charge in [0.25, 0.3) is 5.91 Å². The number of fused-ring (bicyclic) bond motifs is 1. The van der Waals surface area contributed by atoms with Crippen molar-refractivity contribution in [3.8, 4) is 17.2 Å². The molecule has 0 atom stereocenters. The SMILES string of the molecule is CCOc1cc(C(=O)Nc2ccc3c(c2)CCCO3)ccc1OCC(=O)O. The fourth-order valence-corrected chi connectivity index (χ4v) is 2.82. The molecular weight excluding hydrogens is 350 g/mol. The average molecular weight is 371 g/mol. The van der Waals surface area contributed by atoms with E-state index in [1.165, 1.54) is 12.1 Å². The first-order valence-electron chi connectivity index (χ1n) is 8.75. The second-order valence-corrected chi connectivity index (χ2v) is 6.01. The zero-order chi connectivity index (χ0) is 19.2. The quantitative estimate of drug-likeness (QED) is 0.777. The van der Waals surface area contributed by atoms with Crippen LogP contribution >= 0.6 is 0 Å². The smallest absolute Gasteiger partial charge is 0.341 e. The molecule has 2 aromatic carbocycles. The van der Waals surface area contributed by atoms with Gasteiger partial charge in [0.15, 0.2) is 18.1 Å². The Bertz CT molecular complexity index is 848. The first kappa shape index (κ1) is 18.6. The van der Waals surface area contributed by atoms with Crippen LogP contribution in [0.1, 0.15) is 29.3 Å². The highest BCUT2D eigenvalue weighted by Crippen LogP contribution is 2.30. The molecule has 142 valence electrons. The highest BCUT2D eigenvalue weighted by atomic mass is 16.5. The first-order chi connectivity index (χ1) is 13.1. The molecule has 0 saturated carbocycles. The number of benzene rings is 2. The predicted octanol–water partition coefficient (Wildman–Crippen LogP) is 3.13. The van der Waals surface area contributed by atoms with E-state index in [-0.39, 0.29) is 11.7 Å². The number of ether oxygens (including phenoxy) is 3. The molecule has 3 rings (SSSR count). The number of carbonyl (C=O) groups is 2. The molecule has 7 nitrogen and oxygen atoms in total. The van der Waals surface area contributed by atoms with Gasteiger partial charge in [-0.1, -0.05) is 0 Å². The van der Waals surface area contributed by atoms with Gasteiger partial charge in [0.1, 0.15) is 5.75 Å². The molecule has 0 radical (unpaired) electrons. The summed E-state index contributed by atoms with van der Waals surface area (Å²) in [5.41, 5.74) is 2.15. The van der Waals surface area contributed by atoms with E-state index in [4.69, 9.17) is 19.3 Å². The standard InChI is InChI=1S/C20H21NO6/c1-2-25-18-11-14(5-7-17(18)27-12-19(22)23)20(24)21-15-6-8-16-13(10-15)4-3-9-26-16/h5-8,10-11H,2-4,9,12H2,1H3,(H,21,24)(H,22,23). The van der Waals surface area contributed by atoms with Crippen LogP contribution < -0.4 is 19.5 Å². The summed E-state index contributed by atoms with van der Waals surface area (Å²) in [5.74, 6) is 0.0813. The summed E-state index contributed by atoms with van der Waals surface area (Å²) >= 11 is 0. The molecule has 1 heterocycles. The molecule has 0 bridgehead atoms. The zero-order valence-corrected chi connectivity index (χ0v) is 15.0. The topological polar surface area (TPSA) is 94.1 Å². The van der Waals surface area contributed by atoms with Crippen molar-refractivity contribution in [3.05, 3.63) is 47.5 Å². The van der Waals surface area contributed by atoms with E-state index >= 15 is 0 Å². The lowest BCUT2D eigenvalue weighted by Crippen LogP contribution is -2.14. The van der Waals surface area contributed by atoms with Crippen LogP contribution in [0.5, 0.6) is 17.2 Å². The number of carboxylic acid groups (broad SMARTS) is 1. The highest BCUT2D eigenvalue weighted by Gasteiger charge is 2.15. The Morgan fingerprint density at radius 1 is 1.15 bits per heavy atom. The third kappa shape index (κ3) is 4.69. The molecule has 2 N–H and O–H groups in total. The van der Waals surface area contributed by atoms with Gasteiger partial charge in [0.05, 0.1) is 13.2 Å². The Labute approximate surface area is 156 Å². The molecule has 0 saturated heterocycles. The van der Waals surface area contributed by atoms with Crippen LogP contribution in [-0.4, -0.2) is 36.8 Å². The summed E-state index contributed by atoms with van der Waals surface area (Å²) < 4.78 is 16.2. The summed E-state index contributed by atoms with van der Waals surface area (Å²) in [4.78, 5) is 23.3. The van der Waals surface area contributed by atoms with Crippen LogP contribution in [0.2, 0.25) is 0 Å². The molecule has 0 aliphatic carbocycles. The summed E-state index contributed by atoms with van der Waals surface area (Å²) in [6.07, 6.45) is 1.88. The van der Waals surface area contributed by atoms with Crippen LogP contribution in [0.3, 0.4) is 0 Å². The molecular formula is C20H21NO6. The summed E-state index contributed by atoms with van der Waals surface area (Å²) in [6.45, 7) is 2.39. The number of nitrogens with one attached hydrogen (secondary N) is 1. The van der Waals surface area contributed by atoms with Gasteiger partial charge in [0, 0.05) is 11.3 Å². The Morgan fingerprint density at radius 2 is 2.00 bits per heavy atom. The number of amides is 1. The highest BCUT2D eigenvalue weighted by molar-refractivity contribution is 6.04. The van der Waals surface area contributed by atoms with E-state index in [1.807, 2.05) is 12.1 Å². The minimum absolute atomic E-state index is 0.279. The molecule has 7 heteroatoms. The molecule has 27 heavy (non-hydrogen) atoms. The van der Waals surface area contributed by atoms with Gasteiger partial charge in [-0.3, -0.25) is 4.79 Å². The van der Waals surface area contributed by atoms with E-state index in [9.17, 15) is 9.59 Å². The lowest BCUT2D eigenvalue weighted by Gasteiger charge is -2.18. The van der Waals surface area contributed by atoms with E-state index in [1.54, 1.807) is 19.1 Å². The van der Waals surface area contributed by atoms with Crippen molar-refractivity contribution in [2.45, 2.75) is 19.8 Å². The van der Waals surface area contributed by atoms with Gasteiger partial charge >= 0.3 is 5.97 Å². The Morgan fingerprint density at radius 3 is 2.78 bits per heavy atom. The Kier molecular flexibility index (Phi) is 5.80. The molecule has 0 aromatic heterocycles. The number of aliphatic carboxylic acids is 1. The van der Waals surface area contributed by atoms with Crippen molar-refractivity contribution >= 4 is 17.6 Å². The fourth-order valence-electron chi connectivity index (χ4n) is 2.82. The second-order valence-electron chi connectivity index (χ2n) is 6.01. The number of carbonyl (C=O) groups excluding carboxylic acids is 1. The van der Waals surface area contributed by atoms with Crippen LogP contribution in [-0.2, 0) is 11.2 Å². The first-order valence-corrected chi connectivity index (χ1v) is 8.75. The summed E-state index contributed by atoms with van der Waals surface area (Å²) in [7, 11) is 0. The van der Waals surface area contributed by atoms with Crippen molar-refractivity contribution in [2.75, 3.05) is 25.1 Å². The van der Waals surface area contributed by atoms with Crippen LogP contribution in [0.15, 0.2) is 36.4 Å². The van der Waals surface area contributed by atoms with E-state index in [0.29, 0.717) is 23.6 Å². The maximum atomic E-state index is 12.6. The largest absolute Gasteiger partial charge is 0.493 e. The van der Waals surface area contributed by atoms with Crippen molar-refractivity contribution in [1.82, 2.24) is 0 Å². The number of carboxylic acids is 1. The van der Waals surface area contributed by atoms with Crippen LogP contribution in [0.25, 0.3) is 0 Å². The molecule has 0 spiro atoms. The average Bonchev–Trinajstić information content (AvgIpc) is 2.67. The zero-order valence-electron chi connectivity index (χ0n) is 15.0. The number of aryl methyl sites for hydroxylation is 1. The second kappa shape index (κ2) is 8.44. The fraction of sp³-hybridized carbons (Fsp3) is 0.300. The van der Waals surface area contributed by atoms with E-state index < -0.39 is 12.6 Å². The van der Waals surface area contributed by atoms with E-state index in [2.05, 4.69) is 5.32 Å². The monoisotopic (exact) mass is 371 g/mol. The molecule has 0 fully saturated rings. The van der Waals surface area contributed by atoms with Crippen LogP contribution in [0, 0.1) is 0 Å². The molecule has 1 amide bonds. The van der Waals surface area contributed by atoms with Gasteiger partial charge in [-0.05, 0) is 61.7 Å². The summed E-state index contributed by atoms with van der Waals surface area (Å²) in [5, 5.41) is 11.6. The van der Waals surface area contributed by atoms with Gasteiger partial charge in [-0.15, -0.1) is 0 Å². The van der Waals surface area contributed by atoms with Gasteiger partial charge in [-0.2, -0.15) is 0 Å². The van der Waals surface area contributed by atoms with Crippen molar-refractivity contribution < 1.29 is 28.9 Å². The number of hydrogen-bond acceptors (Lipinski definition) is 5. The number of rotatable bonds is 7. The Hall–Kier alpha value is -3.22. The number of hydrogen-bond donors (Lipinski definition) is 2. The lowest BCUT2D eigenvalue weighted by molar-refractivity contribution is -0.139. The van der Waals surface area contributed by atoms with Crippen molar-refractivity contribution in [2.24, 2.45) is 0 Å². The maximum Gasteiger partial charge on any atom is 0.341 e. The van der Waals surface area contributed by atoms with Crippen molar-refractivity contribution in [3.63, 3.8) is 0 Å². The number of anilines is 1. The third-order valence-corrected chi connectivity index (χ3v) is 4.02. The van der Waals surface area contributed by atoms with Gasteiger partial charge in [-0.25, -0.2) is 4.79 Å². The van der Waals surface area contributed by atoms with E-state index in [0.717, 1.165) is 30.8 Å². The predicted molar refractivity (Wildman–Crippen MR) is 99.0 cm³/mol. The molecule has 2 aromatic rings. The molecule has 0 unspecified atom stereocenters. The third-order valence-electron chi connectivity index (χ3n) is 4.02. The van der Waals surface area contributed by atoms with Crippen LogP contribution in [0.4, 0.5) is 5.69 Å². The lowest BCUT2D eigenvalue weighted by atomic mass is 10.1. The molecule has 1 aliphatic rings.